The van der Waals surface area contributed by atoms with Gasteiger partial charge in [-0.15, -0.1) is 0 Å². The molecule has 0 saturated carbocycles. The van der Waals surface area contributed by atoms with Gasteiger partial charge in [-0.05, 0) is 68.7 Å². The molecular formula is C33H59N5O11. The van der Waals surface area contributed by atoms with Crippen molar-refractivity contribution >= 4 is 35.8 Å². The molecule has 0 unspecified atom stereocenters. The zero-order valence-electron chi connectivity index (χ0n) is 30.8. The Morgan fingerprint density at radius 3 is 1.08 bits per heavy atom. The molecule has 1 aliphatic heterocycles. The second-order valence-electron chi connectivity index (χ2n) is 15.3. The van der Waals surface area contributed by atoms with Crippen molar-refractivity contribution in [2.24, 2.45) is 0 Å². The number of hydrogen-bond acceptors (Lipinski definition) is 13. The van der Waals surface area contributed by atoms with E-state index in [4.69, 9.17) is 19.3 Å². The van der Waals surface area contributed by atoms with Crippen LogP contribution in [0.5, 0.6) is 0 Å². The van der Waals surface area contributed by atoms with Crippen molar-refractivity contribution in [2.45, 2.75) is 98.0 Å². The summed E-state index contributed by atoms with van der Waals surface area (Å²) in [6.45, 7) is 18.4. The van der Waals surface area contributed by atoms with Gasteiger partial charge in [-0.1, -0.05) is 0 Å². The number of carboxylic acid groups (broad SMARTS) is 2. The Hall–Kier alpha value is -3.34. The van der Waals surface area contributed by atoms with Crippen LogP contribution in [0.3, 0.4) is 0 Å². The highest BCUT2D eigenvalue weighted by atomic mass is 16.6. The minimum atomic E-state index is -1.38. The third-order valence-corrected chi connectivity index (χ3v) is 6.90. The summed E-state index contributed by atoms with van der Waals surface area (Å²) in [7, 11) is 0. The average Bonchev–Trinajstić information content (AvgIpc) is 2.88. The van der Waals surface area contributed by atoms with E-state index in [0.717, 1.165) is 0 Å². The van der Waals surface area contributed by atoms with Crippen molar-refractivity contribution in [2.75, 3.05) is 78.5 Å². The third kappa shape index (κ3) is 22.1. The number of carbonyl (C=O) groups excluding carboxylic acids is 4. The Labute approximate surface area is 290 Å². The molecule has 282 valence electrons. The Balaban J connectivity index is 3.29. The second kappa shape index (κ2) is 19.7. The maximum absolute atomic E-state index is 13.0. The third-order valence-electron chi connectivity index (χ3n) is 6.90. The van der Waals surface area contributed by atoms with Crippen LogP contribution in [0, 0.1) is 0 Å². The fraction of sp³-hybridized carbons (Fsp3) is 0.818. The highest BCUT2D eigenvalue weighted by molar-refractivity contribution is 5.85. The summed E-state index contributed by atoms with van der Waals surface area (Å²) in [6.07, 6.45) is -0.700. The van der Waals surface area contributed by atoms with Gasteiger partial charge in [0.05, 0.1) is 26.2 Å². The molecule has 1 atom stereocenters. The number of esters is 3. The molecule has 0 radical (unpaired) electrons. The van der Waals surface area contributed by atoms with Crippen LogP contribution in [0.15, 0.2) is 0 Å². The molecule has 0 aliphatic carbocycles. The number of amides is 1. The predicted molar refractivity (Wildman–Crippen MR) is 180 cm³/mol. The van der Waals surface area contributed by atoms with Gasteiger partial charge < -0.3 is 29.7 Å². The zero-order chi connectivity index (χ0) is 37.6. The summed E-state index contributed by atoms with van der Waals surface area (Å²) < 4.78 is 16.7. The molecule has 1 amide bonds. The molecule has 16 heteroatoms. The van der Waals surface area contributed by atoms with Crippen LogP contribution in [0.25, 0.3) is 0 Å². The summed E-state index contributed by atoms with van der Waals surface area (Å²) in [5.74, 6) is -4.40. The van der Waals surface area contributed by atoms with E-state index in [-0.39, 0.29) is 45.7 Å². The lowest BCUT2D eigenvalue weighted by atomic mass is 10.1. The van der Waals surface area contributed by atoms with E-state index >= 15 is 0 Å². The molecule has 1 aliphatic rings. The first-order valence-electron chi connectivity index (χ1n) is 16.7. The van der Waals surface area contributed by atoms with Gasteiger partial charge >= 0.3 is 29.8 Å². The Morgan fingerprint density at radius 1 is 0.551 bits per heavy atom. The number of nitrogens with one attached hydrogen (secondary N) is 1. The fourth-order valence-corrected chi connectivity index (χ4v) is 4.85. The van der Waals surface area contributed by atoms with Crippen LogP contribution >= 0.6 is 0 Å². The SMILES string of the molecule is CC(C)(C)OC(=O)CN1CCN(CC(=O)N[C@@H](CCC(=O)O)C(=O)O)CCN(CC(=O)OC(C)(C)C)CCN(CC(=O)OC(C)(C)C)CC1. The molecule has 0 aromatic carbocycles. The highest BCUT2D eigenvalue weighted by Gasteiger charge is 2.27. The number of rotatable bonds is 13. The molecule has 1 rings (SSSR count). The van der Waals surface area contributed by atoms with E-state index < -0.39 is 65.0 Å². The second-order valence-corrected chi connectivity index (χ2v) is 15.3. The first kappa shape index (κ1) is 43.7. The number of hydrogen-bond donors (Lipinski definition) is 3. The average molecular weight is 702 g/mol. The van der Waals surface area contributed by atoms with Gasteiger partial charge in [-0.25, -0.2) is 4.79 Å². The standard InChI is InChI=1S/C33H59N5O11/c1-31(2,3)47-27(42)21-36-14-12-35(20-25(39)34-24(30(45)46)10-11-26(40)41)13-15-37(22-28(43)48-32(4,5)6)17-19-38(18-16-36)23-29(44)49-33(7,8)9/h24H,10-23H2,1-9H3,(H,34,39)(H,40,41)(H,45,46)/t24-/m0/s1. The lowest BCUT2D eigenvalue weighted by Gasteiger charge is -2.34. The lowest BCUT2D eigenvalue weighted by molar-refractivity contribution is -0.158. The highest BCUT2D eigenvalue weighted by Crippen LogP contribution is 2.11. The van der Waals surface area contributed by atoms with E-state index in [0.29, 0.717) is 39.3 Å². The minimum absolute atomic E-state index is 0.00323. The summed E-state index contributed by atoms with van der Waals surface area (Å²) >= 11 is 0. The van der Waals surface area contributed by atoms with Crippen LogP contribution in [0.1, 0.15) is 75.2 Å². The minimum Gasteiger partial charge on any atom is -0.481 e. The topological polar surface area (TPSA) is 196 Å². The molecule has 0 spiro atoms. The molecule has 1 heterocycles. The van der Waals surface area contributed by atoms with E-state index in [1.165, 1.54) is 0 Å². The smallest absolute Gasteiger partial charge is 0.326 e. The number of ether oxygens (including phenoxy) is 3. The molecule has 1 saturated heterocycles. The molecule has 0 aromatic heterocycles. The fourth-order valence-electron chi connectivity index (χ4n) is 4.85. The maximum atomic E-state index is 13.0. The summed E-state index contributed by atoms with van der Waals surface area (Å²) in [6, 6.07) is -1.38. The van der Waals surface area contributed by atoms with Crippen molar-refractivity contribution in [3.63, 3.8) is 0 Å². The van der Waals surface area contributed by atoms with E-state index in [2.05, 4.69) is 5.32 Å². The number of nitrogens with zero attached hydrogens (tertiary/aromatic N) is 4. The van der Waals surface area contributed by atoms with Crippen LogP contribution in [-0.2, 0) is 43.0 Å². The van der Waals surface area contributed by atoms with Gasteiger partial charge in [-0.3, -0.25) is 43.6 Å². The molecule has 16 nitrogen and oxygen atoms in total. The van der Waals surface area contributed by atoms with E-state index in [9.17, 15) is 33.9 Å². The van der Waals surface area contributed by atoms with Gasteiger partial charge in [0.2, 0.25) is 5.91 Å². The normalized spacial score (nSPS) is 17.6. The molecule has 3 N–H and O–H groups in total. The largest absolute Gasteiger partial charge is 0.481 e. The molecule has 1 fully saturated rings. The van der Waals surface area contributed by atoms with Crippen LogP contribution in [0.4, 0.5) is 0 Å². The van der Waals surface area contributed by atoms with Gasteiger partial charge in [0.1, 0.15) is 22.8 Å². The quantitative estimate of drug-likeness (QED) is 0.179. The van der Waals surface area contributed by atoms with Crippen molar-refractivity contribution in [1.29, 1.82) is 0 Å². The lowest BCUT2D eigenvalue weighted by Crippen LogP contribution is -2.51. The first-order valence-corrected chi connectivity index (χ1v) is 16.7. The monoisotopic (exact) mass is 701 g/mol. The summed E-state index contributed by atoms with van der Waals surface area (Å²) in [5, 5.41) is 20.9. The van der Waals surface area contributed by atoms with Crippen LogP contribution in [0.2, 0.25) is 0 Å². The predicted octanol–water partition coefficient (Wildman–Crippen LogP) is 0.667. The van der Waals surface area contributed by atoms with Crippen molar-refractivity contribution in [1.82, 2.24) is 24.9 Å². The molecule has 49 heavy (non-hydrogen) atoms. The number of carbonyl (C=O) groups is 6. The Kier molecular flexibility index (Phi) is 17.6. The van der Waals surface area contributed by atoms with E-state index in [1.807, 2.05) is 14.7 Å². The zero-order valence-corrected chi connectivity index (χ0v) is 30.8. The first-order chi connectivity index (χ1) is 22.4. The molecule has 0 bridgehead atoms. The number of carboxylic acids is 2. The van der Waals surface area contributed by atoms with Gasteiger partial charge in [0, 0.05) is 58.8 Å². The Bertz CT molecular complexity index is 1080. The van der Waals surface area contributed by atoms with Gasteiger partial charge in [0.15, 0.2) is 0 Å². The van der Waals surface area contributed by atoms with Gasteiger partial charge in [-0.2, -0.15) is 0 Å². The van der Waals surface area contributed by atoms with Crippen molar-refractivity contribution < 1.29 is 53.2 Å². The van der Waals surface area contributed by atoms with Gasteiger partial charge in [0.25, 0.3) is 0 Å². The summed E-state index contributed by atoms with van der Waals surface area (Å²) in [4.78, 5) is 81.7. The Morgan fingerprint density at radius 2 is 0.837 bits per heavy atom. The number of aliphatic carboxylic acids is 2. The van der Waals surface area contributed by atoms with Crippen molar-refractivity contribution in [3.8, 4) is 0 Å². The van der Waals surface area contributed by atoms with E-state index in [1.54, 1.807) is 67.2 Å². The van der Waals surface area contributed by atoms with Crippen molar-refractivity contribution in [3.05, 3.63) is 0 Å². The molecular weight excluding hydrogens is 642 g/mol. The van der Waals surface area contributed by atoms with Crippen LogP contribution in [-0.4, -0.2) is 167 Å². The molecule has 0 aromatic rings. The van der Waals surface area contributed by atoms with Crippen LogP contribution < -0.4 is 5.32 Å². The maximum Gasteiger partial charge on any atom is 0.326 e. The summed E-state index contributed by atoms with van der Waals surface area (Å²) in [5.41, 5.74) is -2.07.